The van der Waals surface area contributed by atoms with Gasteiger partial charge in [-0.1, -0.05) is 60.7 Å². The Morgan fingerprint density at radius 2 is 0.942 bits per heavy atom. The first-order valence-electron chi connectivity index (χ1n) is 16.2. The van der Waals surface area contributed by atoms with Gasteiger partial charge in [0.1, 0.15) is 11.5 Å². The van der Waals surface area contributed by atoms with E-state index in [0.717, 1.165) is 22.6 Å². The summed E-state index contributed by atoms with van der Waals surface area (Å²) in [6.45, 7) is 0. The molecule has 7 rings (SSSR count). The number of hydrogen-bond donors (Lipinski definition) is 0. The van der Waals surface area contributed by atoms with Crippen molar-refractivity contribution in [3.8, 4) is 34.3 Å². The zero-order valence-corrected chi connectivity index (χ0v) is 27.5. The van der Waals surface area contributed by atoms with Gasteiger partial charge >= 0.3 is 0 Å². The number of pyridine rings is 3. The lowest BCUT2D eigenvalue weighted by atomic mass is 10.1. The molecule has 4 aromatic carbocycles. The molecule has 9 heteroatoms. The summed E-state index contributed by atoms with van der Waals surface area (Å²) in [5.74, 6) is -1.33. The lowest BCUT2D eigenvalue weighted by molar-refractivity contribution is -0.256. The zero-order valence-electron chi connectivity index (χ0n) is 27.5. The van der Waals surface area contributed by atoms with Crippen LogP contribution in [0.1, 0.15) is 31.8 Å². The number of aromatic carboxylic acids is 2. The highest BCUT2D eigenvalue weighted by Gasteiger charge is 2.13. The van der Waals surface area contributed by atoms with Gasteiger partial charge < -0.3 is 29.4 Å². The van der Waals surface area contributed by atoms with E-state index in [1.54, 1.807) is 12.1 Å². The number of para-hydroxylation sites is 2. The Bertz CT molecular complexity index is 2270. The molecule has 9 nitrogen and oxygen atoms in total. The number of carboxylic acid groups (broad SMARTS) is 2. The van der Waals surface area contributed by atoms with E-state index in [4.69, 9.17) is 4.74 Å². The average Bonchev–Trinajstić information content (AvgIpc) is 3.19. The molecule has 3 heterocycles. The molecule has 0 aliphatic carbocycles. The van der Waals surface area contributed by atoms with Gasteiger partial charge in [-0.2, -0.15) is 0 Å². The SMILES string of the molecule is O=C([O-])c1ccnc(-c2cc(/C=C/c3ccc(Oc4ccc(N(c5ccccc5)c5ccccc5)cc4)cc3)cc(-c3cc(C(=O)[O-])ccn3)n2)c1. The van der Waals surface area contributed by atoms with Crippen LogP contribution in [-0.2, 0) is 0 Å². The van der Waals surface area contributed by atoms with Gasteiger partial charge in [-0.15, -0.1) is 0 Å². The van der Waals surface area contributed by atoms with E-state index in [0.29, 0.717) is 39.8 Å². The van der Waals surface area contributed by atoms with Crippen molar-refractivity contribution in [2.45, 2.75) is 0 Å². The lowest BCUT2D eigenvalue weighted by Crippen LogP contribution is -2.22. The van der Waals surface area contributed by atoms with Crippen LogP contribution in [0.3, 0.4) is 0 Å². The van der Waals surface area contributed by atoms with Crippen molar-refractivity contribution in [2.75, 3.05) is 4.90 Å². The summed E-state index contributed by atoms with van der Waals surface area (Å²) in [4.78, 5) is 38.4. The Kier molecular flexibility index (Phi) is 9.57. The molecule has 0 saturated heterocycles. The first-order valence-corrected chi connectivity index (χ1v) is 16.2. The number of carbonyl (C=O) groups excluding carboxylic acids is 2. The molecule has 0 fully saturated rings. The highest BCUT2D eigenvalue weighted by Crippen LogP contribution is 2.35. The minimum Gasteiger partial charge on any atom is -0.545 e. The molecular formula is C43H28N4O5-2. The number of ether oxygens (including phenoxy) is 1. The number of carboxylic acids is 2. The summed E-state index contributed by atoms with van der Waals surface area (Å²) in [7, 11) is 0. The van der Waals surface area contributed by atoms with Crippen LogP contribution in [0.25, 0.3) is 34.9 Å². The molecule has 0 radical (unpaired) electrons. The number of hydrogen-bond acceptors (Lipinski definition) is 9. The number of carbonyl (C=O) groups is 2. The van der Waals surface area contributed by atoms with Crippen LogP contribution in [0.5, 0.6) is 11.5 Å². The monoisotopic (exact) mass is 680 g/mol. The molecule has 0 unspecified atom stereocenters. The van der Waals surface area contributed by atoms with E-state index in [1.165, 1.54) is 36.7 Å². The number of nitrogens with zero attached hydrogens (tertiary/aromatic N) is 4. The van der Waals surface area contributed by atoms with E-state index in [2.05, 4.69) is 44.1 Å². The lowest BCUT2D eigenvalue weighted by Gasteiger charge is -2.25. The topological polar surface area (TPSA) is 131 Å². The minimum atomic E-state index is -1.34. The van der Waals surface area contributed by atoms with E-state index < -0.39 is 11.9 Å². The van der Waals surface area contributed by atoms with Crippen molar-refractivity contribution < 1.29 is 24.5 Å². The maximum Gasteiger partial charge on any atom is 0.127 e. The van der Waals surface area contributed by atoms with Gasteiger partial charge in [-0.3, -0.25) is 9.97 Å². The van der Waals surface area contributed by atoms with Gasteiger partial charge in [-0.25, -0.2) is 4.98 Å². The largest absolute Gasteiger partial charge is 0.545 e. The Morgan fingerprint density at radius 1 is 0.500 bits per heavy atom. The molecule has 0 atom stereocenters. The van der Waals surface area contributed by atoms with Crippen LogP contribution in [0, 0.1) is 0 Å². The van der Waals surface area contributed by atoms with Crippen molar-refractivity contribution in [2.24, 2.45) is 0 Å². The molecule has 0 N–H and O–H groups in total. The molecule has 3 aromatic heterocycles. The zero-order chi connectivity index (χ0) is 35.9. The van der Waals surface area contributed by atoms with E-state index >= 15 is 0 Å². The van der Waals surface area contributed by atoms with Gasteiger partial charge in [0.15, 0.2) is 0 Å². The maximum absolute atomic E-state index is 11.5. The van der Waals surface area contributed by atoms with Crippen molar-refractivity contribution in [1.82, 2.24) is 15.0 Å². The molecule has 0 spiro atoms. The Hall–Kier alpha value is -7.39. The third-order valence-corrected chi connectivity index (χ3v) is 8.07. The van der Waals surface area contributed by atoms with Crippen LogP contribution < -0.4 is 19.8 Å². The Labute approximate surface area is 299 Å². The smallest absolute Gasteiger partial charge is 0.127 e. The molecule has 252 valence electrons. The van der Waals surface area contributed by atoms with E-state index in [-0.39, 0.29) is 11.1 Å². The van der Waals surface area contributed by atoms with Crippen LogP contribution >= 0.6 is 0 Å². The summed E-state index contributed by atoms with van der Waals surface area (Å²) in [6.07, 6.45) is 6.49. The highest BCUT2D eigenvalue weighted by atomic mass is 16.5. The summed E-state index contributed by atoms with van der Waals surface area (Å²) in [5, 5.41) is 23.0. The molecule has 52 heavy (non-hydrogen) atoms. The average molecular weight is 681 g/mol. The van der Waals surface area contributed by atoms with Crippen molar-refractivity contribution >= 4 is 41.2 Å². The third-order valence-electron chi connectivity index (χ3n) is 8.07. The number of rotatable bonds is 11. The third kappa shape index (κ3) is 7.74. The normalized spacial score (nSPS) is 10.9. The van der Waals surface area contributed by atoms with Gasteiger partial charge in [0.2, 0.25) is 0 Å². The molecule has 0 aliphatic heterocycles. The number of anilines is 3. The van der Waals surface area contributed by atoms with Crippen LogP contribution in [-0.4, -0.2) is 26.9 Å². The van der Waals surface area contributed by atoms with Crippen LogP contribution in [0.15, 0.2) is 158 Å². The van der Waals surface area contributed by atoms with E-state index in [9.17, 15) is 19.8 Å². The first-order chi connectivity index (χ1) is 25.4. The van der Waals surface area contributed by atoms with Crippen LogP contribution in [0.4, 0.5) is 17.1 Å². The van der Waals surface area contributed by atoms with Gasteiger partial charge in [0.25, 0.3) is 0 Å². The fourth-order valence-corrected chi connectivity index (χ4v) is 5.55. The maximum atomic E-state index is 11.5. The Morgan fingerprint density at radius 3 is 1.42 bits per heavy atom. The van der Waals surface area contributed by atoms with Crippen molar-refractivity contribution in [1.29, 1.82) is 0 Å². The molecule has 0 saturated carbocycles. The fourth-order valence-electron chi connectivity index (χ4n) is 5.55. The van der Waals surface area contributed by atoms with Crippen LogP contribution in [0.2, 0.25) is 0 Å². The van der Waals surface area contributed by atoms with Gasteiger partial charge in [-0.05, 0) is 108 Å². The molecular weight excluding hydrogens is 652 g/mol. The molecule has 0 bridgehead atoms. The second kappa shape index (κ2) is 15.0. The number of benzene rings is 4. The fraction of sp³-hybridized carbons (Fsp3) is 0. The highest BCUT2D eigenvalue weighted by molar-refractivity contribution is 5.88. The van der Waals surface area contributed by atoms with Gasteiger partial charge in [0.05, 0.1) is 34.7 Å². The molecule has 7 aromatic rings. The first kappa shape index (κ1) is 33.1. The quantitative estimate of drug-likeness (QED) is 0.137. The summed E-state index contributed by atoms with van der Waals surface area (Å²) >= 11 is 0. The number of aromatic nitrogens is 3. The minimum absolute atomic E-state index is 0.0500. The van der Waals surface area contributed by atoms with Gasteiger partial charge in [0, 0.05) is 40.6 Å². The van der Waals surface area contributed by atoms with Crippen molar-refractivity contribution in [3.05, 3.63) is 180 Å². The predicted octanol–water partition coefficient (Wildman–Crippen LogP) is 7.37. The summed E-state index contributed by atoms with van der Waals surface area (Å²) < 4.78 is 6.17. The molecule has 0 aliphatic rings. The summed E-state index contributed by atoms with van der Waals surface area (Å²) in [5.41, 5.74) is 5.92. The second-order valence-electron chi connectivity index (χ2n) is 11.6. The summed E-state index contributed by atoms with van der Waals surface area (Å²) in [6, 6.07) is 44.8. The standard InChI is InChI=1S/C43H30N4O5/c48-42(49)31-21-23-44-38(27-31)40-25-30(26-41(46-40)39-28-32(43(50)51)22-24-45-39)12-11-29-13-17-36(18-14-29)52-37-19-15-35(16-20-37)47(33-7-3-1-4-8-33)34-9-5-2-6-10-34/h1-28H,(H,48,49)(H,50,51)/p-2/b12-11+. The Balaban J connectivity index is 1.11. The predicted molar refractivity (Wildman–Crippen MR) is 196 cm³/mol. The van der Waals surface area contributed by atoms with E-state index in [1.807, 2.05) is 97.1 Å². The second-order valence-corrected chi connectivity index (χ2v) is 11.6. The van der Waals surface area contributed by atoms with Crippen molar-refractivity contribution in [3.63, 3.8) is 0 Å². The molecule has 0 amide bonds.